The molecule has 0 bridgehead atoms. The van der Waals surface area contributed by atoms with Gasteiger partial charge in [-0.2, -0.15) is 0 Å². The van der Waals surface area contributed by atoms with Crippen molar-refractivity contribution in [1.29, 1.82) is 0 Å². The fraction of sp³-hybridized carbons (Fsp3) is 0.812. The van der Waals surface area contributed by atoms with E-state index in [0.717, 1.165) is 41.7 Å². The zero-order valence-corrected chi connectivity index (χ0v) is 30.2. The number of nitrogens with one attached hydrogen (secondary N) is 1. The van der Waals surface area contributed by atoms with Crippen LogP contribution in [-0.2, 0) is 85.6 Å². The number of hydrogen-bond donors (Lipinski definition) is 1. The van der Waals surface area contributed by atoms with Crippen molar-refractivity contribution in [2.24, 2.45) is 0 Å². The normalized spacial score (nSPS) is 34.5. The second kappa shape index (κ2) is 15.6. The molecule has 0 aromatic rings. The number of ether oxygens (including phenoxy) is 12. The molecule has 0 spiro atoms. The Hall–Kier alpha value is -3.46. The van der Waals surface area contributed by atoms with Gasteiger partial charge in [-0.1, -0.05) is 0 Å². The Morgan fingerprint density at radius 3 is 1.94 bits per heavy atom. The first-order valence-corrected chi connectivity index (χ1v) is 16.3. The number of hydrogen-bond acceptors (Lipinski definition) is 18. The molecule has 0 aromatic carbocycles. The van der Waals surface area contributed by atoms with Gasteiger partial charge in [-0.25, -0.2) is 4.79 Å². The first-order valence-electron chi connectivity index (χ1n) is 16.3. The average Bonchev–Trinajstić information content (AvgIpc) is 3.50. The molecule has 0 saturated carbocycles. The zero-order chi connectivity index (χ0) is 38.1. The average molecular weight is 734 g/mol. The smallest absolute Gasteiger partial charge is 0.366 e. The van der Waals surface area contributed by atoms with Crippen molar-refractivity contribution in [2.45, 2.75) is 147 Å². The van der Waals surface area contributed by atoms with Crippen LogP contribution in [0.5, 0.6) is 0 Å². The summed E-state index contributed by atoms with van der Waals surface area (Å²) in [5.74, 6) is -9.66. The molecule has 1 amide bonds. The molecule has 4 saturated heterocycles. The van der Waals surface area contributed by atoms with Crippen LogP contribution in [0.15, 0.2) is 0 Å². The molecule has 19 heteroatoms. The van der Waals surface area contributed by atoms with Crippen LogP contribution in [0, 0.1) is 0 Å². The van der Waals surface area contributed by atoms with E-state index in [1.807, 2.05) is 0 Å². The van der Waals surface area contributed by atoms with Gasteiger partial charge >= 0.3 is 29.8 Å². The van der Waals surface area contributed by atoms with Crippen LogP contribution >= 0.6 is 0 Å². The van der Waals surface area contributed by atoms with Crippen LogP contribution in [0.4, 0.5) is 0 Å². The second-order valence-electron chi connectivity index (χ2n) is 13.4. The number of rotatable bonds is 12. The maximum atomic E-state index is 13.8. The van der Waals surface area contributed by atoms with E-state index in [9.17, 15) is 28.8 Å². The maximum absolute atomic E-state index is 13.8. The van der Waals surface area contributed by atoms with Crippen LogP contribution in [0.25, 0.3) is 0 Å². The van der Waals surface area contributed by atoms with Crippen molar-refractivity contribution >= 4 is 35.8 Å². The SMILES string of the molecule is COC(=O)[C@@]1(OC[C@H]2O[C@@H]3OC(C)(C)O[C@@H]3[C@H]3OC(C)(C)O[C@H]32)C[C@H](OC(C)=O)[C@@H](NC(C)=O)[C@H]([C@H](OC(C)=O)[C@@H](COC(C)=O)OC(C)=O)O1. The van der Waals surface area contributed by atoms with Crippen molar-refractivity contribution < 1.29 is 85.6 Å². The molecule has 11 atom stereocenters. The van der Waals surface area contributed by atoms with Gasteiger partial charge in [0.1, 0.15) is 43.2 Å². The van der Waals surface area contributed by atoms with Crippen LogP contribution in [0.2, 0.25) is 0 Å². The van der Waals surface area contributed by atoms with Crippen LogP contribution in [-0.4, -0.2) is 135 Å². The Morgan fingerprint density at radius 1 is 0.765 bits per heavy atom. The van der Waals surface area contributed by atoms with Crippen LogP contribution in [0.1, 0.15) is 68.7 Å². The molecule has 288 valence electrons. The van der Waals surface area contributed by atoms with Gasteiger partial charge in [0.2, 0.25) is 5.91 Å². The van der Waals surface area contributed by atoms with E-state index in [1.54, 1.807) is 27.7 Å². The Morgan fingerprint density at radius 2 is 1.37 bits per heavy atom. The minimum absolute atomic E-state index is 0.438. The summed E-state index contributed by atoms with van der Waals surface area (Å²) in [6, 6.07) is -1.36. The fourth-order valence-corrected chi connectivity index (χ4v) is 6.59. The summed E-state index contributed by atoms with van der Waals surface area (Å²) >= 11 is 0. The van der Waals surface area contributed by atoms with Crippen LogP contribution in [0.3, 0.4) is 0 Å². The quantitative estimate of drug-likeness (QED) is 0.204. The highest BCUT2D eigenvalue weighted by Crippen LogP contribution is 2.45. The van der Waals surface area contributed by atoms with Gasteiger partial charge in [0.25, 0.3) is 5.79 Å². The Kier molecular flexibility index (Phi) is 12.4. The highest BCUT2D eigenvalue weighted by atomic mass is 16.9. The van der Waals surface area contributed by atoms with Crippen LogP contribution < -0.4 is 5.32 Å². The minimum Gasteiger partial charge on any atom is -0.465 e. The second-order valence-corrected chi connectivity index (χ2v) is 13.4. The summed E-state index contributed by atoms with van der Waals surface area (Å²) in [6.45, 7) is 11.2. The van der Waals surface area contributed by atoms with E-state index in [4.69, 9.17) is 56.8 Å². The molecule has 4 aliphatic rings. The molecule has 19 nitrogen and oxygen atoms in total. The topological polar surface area (TPSA) is 225 Å². The van der Waals surface area contributed by atoms with Crippen molar-refractivity contribution in [1.82, 2.24) is 5.32 Å². The highest BCUT2D eigenvalue weighted by molar-refractivity contribution is 5.79. The van der Waals surface area contributed by atoms with Crippen molar-refractivity contribution in [2.75, 3.05) is 20.3 Å². The van der Waals surface area contributed by atoms with E-state index in [0.29, 0.717) is 0 Å². The summed E-state index contributed by atoms with van der Waals surface area (Å²) in [5, 5.41) is 2.61. The lowest BCUT2D eigenvalue weighted by Gasteiger charge is -2.49. The van der Waals surface area contributed by atoms with Gasteiger partial charge in [0, 0.05) is 34.6 Å². The van der Waals surface area contributed by atoms with E-state index in [-0.39, 0.29) is 0 Å². The molecule has 4 aliphatic heterocycles. The Labute approximate surface area is 294 Å². The zero-order valence-electron chi connectivity index (χ0n) is 30.2. The molecule has 0 unspecified atom stereocenters. The number of carbonyl (C=O) groups is 6. The number of carbonyl (C=O) groups excluding carboxylic acids is 6. The molecular formula is C32H47NO18. The summed E-state index contributed by atoms with van der Waals surface area (Å²) in [7, 11) is 1.05. The van der Waals surface area contributed by atoms with Gasteiger partial charge in [-0.05, 0) is 27.7 Å². The Bertz CT molecular complexity index is 1350. The molecular weight excluding hydrogens is 686 g/mol. The lowest BCUT2D eigenvalue weighted by molar-refractivity contribution is -0.327. The third kappa shape index (κ3) is 9.70. The molecule has 0 radical (unpaired) electrons. The lowest BCUT2D eigenvalue weighted by Crippen LogP contribution is -2.69. The number of fused-ring (bicyclic) bond motifs is 3. The standard InChI is InChI=1S/C32H47NO18/c1-14(34)33-22-19(43-16(3)36)11-32(29(39)40-10,50-25(22)23(45-18(5)38)20(44-17(4)37)12-41-15(2)35)42-13-21-24-26(48-30(6,7)47-24)27-28(46-21)51-31(8,9)49-27/h19-28H,11-13H2,1-10H3,(H,33,34)/t19-,20+,21+,22+,23+,24-,25+,26-,27+,28+,32+/m0/s1. The number of methoxy groups -OCH3 is 1. The third-order valence-electron chi connectivity index (χ3n) is 8.23. The van der Waals surface area contributed by atoms with Gasteiger partial charge in [0.15, 0.2) is 30.1 Å². The predicted octanol–water partition coefficient (Wildman–Crippen LogP) is -0.0794. The first-order chi connectivity index (χ1) is 23.7. The predicted molar refractivity (Wildman–Crippen MR) is 164 cm³/mol. The van der Waals surface area contributed by atoms with Gasteiger partial charge < -0.3 is 62.2 Å². The molecule has 4 rings (SSSR count). The number of amides is 1. The van der Waals surface area contributed by atoms with Gasteiger partial charge in [0.05, 0.1) is 26.2 Å². The lowest BCUT2D eigenvalue weighted by atomic mass is 9.88. The van der Waals surface area contributed by atoms with Gasteiger partial charge in [-0.15, -0.1) is 0 Å². The first kappa shape index (κ1) is 40.3. The van der Waals surface area contributed by atoms with E-state index in [1.165, 1.54) is 0 Å². The minimum atomic E-state index is -2.45. The largest absolute Gasteiger partial charge is 0.465 e. The molecule has 0 aromatic heterocycles. The summed E-state index contributed by atoms with van der Waals surface area (Å²) < 4.78 is 69.9. The monoisotopic (exact) mass is 733 g/mol. The van der Waals surface area contributed by atoms with Crippen molar-refractivity contribution in [3.63, 3.8) is 0 Å². The Balaban J connectivity index is 1.77. The maximum Gasteiger partial charge on any atom is 0.366 e. The molecule has 0 aliphatic carbocycles. The van der Waals surface area contributed by atoms with E-state index in [2.05, 4.69) is 5.32 Å². The van der Waals surface area contributed by atoms with Crippen molar-refractivity contribution in [3.8, 4) is 0 Å². The summed E-state index contributed by atoms with van der Waals surface area (Å²) in [5.41, 5.74) is 0. The fourth-order valence-electron chi connectivity index (χ4n) is 6.59. The van der Waals surface area contributed by atoms with Gasteiger partial charge in [-0.3, -0.25) is 24.0 Å². The number of esters is 5. The van der Waals surface area contributed by atoms with Crippen molar-refractivity contribution in [3.05, 3.63) is 0 Å². The van der Waals surface area contributed by atoms with E-state index >= 15 is 0 Å². The summed E-state index contributed by atoms with van der Waals surface area (Å²) in [4.78, 5) is 75.2. The molecule has 4 heterocycles. The molecule has 1 N–H and O–H groups in total. The highest BCUT2D eigenvalue weighted by Gasteiger charge is 2.63. The molecule has 51 heavy (non-hydrogen) atoms. The third-order valence-corrected chi connectivity index (χ3v) is 8.23. The summed E-state index contributed by atoms with van der Waals surface area (Å²) in [6.07, 6.45) is -10.9. The molecule has 4 fully saturated rings. The van der Waals surface area contributed by atoms with E-state index < -0.39 is 134 Å².